The molecule has 5 nitrogen and oxygen atoms in total. The van der Waals surface area contributed by atoms with Gasteiger partial charge in [0.05, 0.1) is 11.4 Å². The molecule has 2 unspecified atom stereocenters. The van der Waals surface area contributed by atoms with Gasteiger partial charge in [-0.2, -0.15) is 5.10 Å². The molecule has 0 amide bonds. The number of aryl methyl sites for hydroxylation is 2. The van der Waals surface area contributed by atoms with Crippen LogP contribution in [0.15, 0.2) is 60.7 Å². The molecular formula is C23H28ClN3O2. The number of fused-ring (bicyclic) bond motifs is 1. The minimum atomic E-state index is -0.573. The van der Waals surface area contributed by atoms with Gasteiger partial charge in [0.25, 0.3) is 0 Å². The van der Waals surface area contributed by atoms with Gasteiger partial charge in [0, 0.05) is 18.7 Å². The van der Waals surface area contributed by atoms with Crippen LogP contribution in [0.2, 0.25) is 0 Å². The van der Waals surface area contributed by atoms with Gasteiger partial charge in [0.15, 0.2) is 0 Å². The first kappa shape index (κ1) is 21.4. The maximum atomic E-state index is 10.4. The molecule has 0 saturated heterocycles. The van der Waals surface area contributed by atoms with Crippen molar-refractivity contribution < 1.29 is 9.84 Å². The van der Waals surface area contributed by atoms with Crippen molar-refractivity contribution in [1.29, 1.82) is 0 Å². The smallest absolute Gasteiger partial charge is 0.216 e. The Morgan fingerprint density at radius 2 is 1.86 bits per heavy atom. The fraction of sp³-hybridized carbons (Fsp3) is 0.348. The van der Waals surface area contributed by atoms with Crippen molar-refractivity contribution in [3.05, 3.63) is 77.5 Å². The van der Waals surface area contributed by atoms with E-state index in [2.05, 4.69) is 34.7 Å². The molecule has 0 spiro atoms. The molecule has 0 saturated carbocycles. The van der Waals surface area contributed by atoms with Gasteiger partial charge in [0.1, 0.15) is 12.7 Å². The Hall–Kier alpha value is -2.34. The van der Waals surface area contributed by atoms with Gasteiger partial charge in [-0.15, -0.1) is 12.4 Å². The quantitative estimate of drug-likeness (QED) is 0.622. The van der Waals surface area contributed by atoms with E-state index in [0.717, 1.165) is 30.6 Å². The largest absolute Gasteiger partial charge is 0.475 e. The Labute approximate surface area is 178 Å². The van der Waals surface area contributed by atoms with Crippen LogP contribution in [-0.4, -0.2) is 40.2 Å². The number of rotatable bonds is 7. The van der Waals surface area contributed by atoms with Gasteiger partial charge in [-0.25, -0.2) is 4.68 Å². The molecule has 0 bridgehead atoms. The SMILES string of the molecule is Cc1cc(OCC(O)CNC2CCc3ccccc3C2)n(-c2ccccc2)n1.Cl. The number of benzene rings is 2. The lowest BCUT2D eigenvalue weighted by Crippen LogP contribution is -2.40. The maximum absolute atomic E-state index is 10.4. The Kier molecular flexibility index (Phi) is 7.31. The fourth-order valence-corrected chi connectivity index (χ4v) is 3.75. The lowest BCUT2D eigenvalue weighted by Gasteiger charge is -2.26. The second-order valence-electron chi connectivity index (χ2n) is 7.45. The van der Waals surface area contributed by atoms with Gasteiger partial charge >= 0.3 is 0 Å². The average molecular weight is 414 g/mol. The number of aliphatic hydroxyl groups excluding tert-OH is 1. The van der Waals surface area contributed by atoms with Crippen molar-refractivity contribution in [2.24, 2.45) is 0 Å². The molecular weight excluding hydrogens is 386 g/mol. The van der Waals surface area contributed by atoms with E-state index in [1.165, 1.54) is 11.1 Å². The second-order valence-corrected chi connectivity index (χ2v) is 7.45. The zero-order valence-electron chi connectivity index (χ0n) is 16.6. The van der Waals surface area contributed by atoms with E-state index in [0.29, 0.717) is 18.5 Å². The van der Waals surface area contributed by atoms with Crippen molar-refractivity contribution >= 4 is 12.4 Å². The predicted octanol–water partition coefficient (Wildman–Crippen LogP) is 3.49. The van der Waals surface area contributed by atoms with Crippen LogP contribution in [-0.2, 0) is 12.8 Å². The summed E-state index contributed by atoms with van der Waals surface area (Å²) in [6.07, 6.45) is 2.64. The number of halogens is 1. The Morgan fingerprint density at radius 1 is 1.14 bits per heavy atom. The van der Waals surface area contributed by atoms with E-state index < -0.39 is 6.10 Å². The molecule has 1 aliphatic rings. The molecule has 1 aliphatic carbocycles. The number of hydrogen-bond donors (Lipinski definition) is 2. The zero-order chi connectivity index (χ0) is 19.3. The van der Waals surface area contributed by atoms with Crippen LogP contribution < -0.4 is 10.1 Å². The first-order valence-electron chi connectivity index (χ1n) is 9.92. The number of aliphatic hydroxyl groups is 1. The highest BCUT2D eigenvalue weighted by Gasteiger charge is 2.19. The lowest BCUT2D eigenvalue weighted by atomic mass is 9.88. The summed E-state index contributed by atoms with van der Waals surface area (Å²) in [6.45, 7) is 2.69. The molecule has 2 N–H and O–H groups in total. The fourth-order valence-electron chi connectivity index (χ4n) is 3.75. The molecule has 29 heavy (non-hydrogen) atoms. The van der Waals surface area contributed by atoms with Crippen LogP contribution in [0.4, 0.5) is 0 Å². The molecule has 154 valence electrons. The third-order valence-corrected chi connectivity index (χ3v) is 5.21. The summed E-state index contributed by atoms with van der Waals surface area (Å²) >= 11 is 0. The van der Waals surface area contributed by atoms with Crippen molar-refractivity contribution in [2.75, 3.05) is 13.2 Å². The lowest BCUT2D eigenvalue weighted by molar-refractivity contribution is 0.0990. The van der Waals surface area contributed by atoms with Crippen molar-refractivity contribution in [3.8, 4) is 11.6 Å². The van der Waals surface area contributed by atoms with Crippen LogP contribution in [0.5, 0.6) is 5.88 Å². The normalized spacial score (nSPS) is 16.6. The standard InChI is InChI=1S/C23H27N3O2.ClH/c1-17-13-23(26(25-17)21-9-3-2-4-10-21)28-16-22(27)15-24-20-12-11-18-7-5-6-8-19(18)14-20;/h2-10,13,20,22,24,27H,11-12,14-16H2,1H3;1H. The molecule has 0 fully saturated rings. The predicted molar refractivity (Wildman–Crippen MR) is 117 cm³/mol. The van der Waals surface area contributed by atoms with Gasteiger partial charge in [-0.3, -0.25) is 0 Å². The molecule has 4 rings (SSSR count). The summed E-state index contributed by atoms with van der Waals surface area (Å²) in [4.78, 5) is 0. The van der Waals surface area contributed by atoms with Gasteiger partial charge in [-0.1, -0.05) is 42.5 Å². The first-order chi connectivity index (χ1) is 13.7. The number of nitrogens with one attached hydrogen (secondary N) is 1. The van der Waals surface area contributed by atoms with Crippen LogP contribution in [0.3, 0.4) is 0 Å². The third kappa shape index (κ3) is 5.38. The first-order valence-corrected chi connectivity index (χ1v) is 9.92. The molecule has 2 atom stereocenters. The molecule has 1 heterocycles. The zero-order valence-corrected chi connectivity index (χ0v) is 17.4. The Morgan fingerprint density at radius 3 is 2.66 bits per heavy atom. The summed E-state index contributed by atoms with van der Waals surface area (Å²) in [6, 6.07) is 20.8. The maximum Gasteiger partial charge on any atom is 0.216 e. The van der Waals surface area contributed by atoms with E-state index in [1.807, 2.05) is 43.3 Å². The van der Waals surface area contributed by atoms with E-state index in [1.54, 1.807) is 4.68 Å². The summed E-state index contributed by atoms with van der Waals surface area (Å²) in [5, 5.41) is 18.4. The number of para-hydroxylation sites is 1. The summed E-state index contributed by atoms with van der Waals surface area (Å²) in [5.74, 6) is 0.648. The van der Waals surface area contributed by atoms with Gasteiger partial charge in [0.2, 0.25) is 5.88 Å². The summed E-state index contributed by atoms with van der Waals surface area (Å²) < 4.78 is 7.65. The molecule has 2 aromatic carbocycles. The van der Waals surface area contributed by atoms with Gasteiger partial charge < -0.3 is 15.2 Å². The minimum absolute atomic E-state index is 0. The molecule has 0 aliphatic heterocycles. The van der Waals surface area contributed by atoms with Crippen molar-refractivity contribution in [2.45, 2.75) is 38.3 Å². The highest BCUT2D eigenvalue weighted by Crippen LogP contribution is 2.21. The Bertz CT molecular complexity index is 913. The minimum Gasteiger partial charge on any atom is -0.475 e. The van der Waals surface area contributed by atoms with Crippen molar-refractivity contribution in [1.82, 2.24) is 15.1 Å². The van der Waals surface area contributed by atoms with Crippen LogP contribution in [0, 0.1) is 6.92 Å². The third-order valence-electron chi connectivity index (χ3n) is 5.21. The summed E-state index contributed by atoms with van der Waals surface area (Å²) in [5.41, 5.74) is 4.69. The molecule has 0 radical (unpaired) electrons. The molecule has 6 heteroatoms. The van der Waals surface area contributed by atoms with E-state index in [9.17, 15) is 5.11 Å². The highest BCUT2D eigenvalue weighted by molar-refractivity contribution is 5.85. The van der Waals surface area contributed by atoms with Crippen LogP contribution in [0.1, 0.15) is 23.2 Å². The Balaban J connectivity index is 0.00000240. The number of aromatic nitrogens is 2. The molecule has 3 aromatic rings. The number of ether oxygens (including phenoxy) is 1. The van der Waals surface area contributed by atoms with Crippen LogP contribution >= 0.6 is 12.4 Å². The second kappa shape index (κ2) is 9.92. The average Bonchev–Trinajstić information content (AvgIpc) is 3.12. The summed E-state index contributed by atoms with van der Waals surface area (Å²) in [7, 11) is 0. The van der Waals surface area contributed by atoms with E-state index in [4.69, 9.17) is 4.74 Å². The number of nitrogens with zero attached hydrogens (tertiary/aromatic N) is 2. The topological polar surface area (TPSA) is 59.3 Å². The van der Waals surface area contributed by atoms with Gasteiger partial charge in [-0.05, 0) is 49.4 Å². The monoisotopic (exact) mass is 413 g/mol. The molecule has 1 aromatic heterocycles. The highest BCUT2D eigenvalue weighted by atomic mass is 35.5. The van der Waals surface area contributed by atoms with Crippen molar-refractivity contribution in [3.63, 3.8) is 0 Å². The van der Waals surface area contributed by atoms with E-state index in [-0.39, 0.29) is 19.0 Å². The number of hydrogen-bond acceptors (Lipinski definition) is 4. The van der Waals surface area contributed by atoms with E-state index >= 15 is 0 Å². The van der Waals surface area contributed by atoms with Crippen LogP contribution in [0.25, 0.3) is 5.69 Å².